The molecule has 0 unspecified atom stereocenters. The van der Waals surface area contributed by atoms with Gasteiger partial charge in [0.1, 0.15) is 12.4 Å². The van der Waals surface area contributed by atoms with Crippen molar-refractivity contribution in [2.75, 3.05) is 33.0 Å². The first-order chi connectivity index (χ1) is 12.3. The molecule has 0 saturated carbocycles. The van der Waals surface area contributed by atoms with E-state index in [1.807, 2.05) is 42.5 Å². The predicted molar refractivity (Wildman–Crippen MR) is 102 cm³/mol. The van der Waals surface area contributed by atoms with Crippen LogP contribution in [0.5, 0.6) is 5.75 Å². The molecule has 0 saturated heterocycles. The summed E-state index contributed by atoms with van der Waals surface area (Å²) in [5.74, 6) is 0.697. The Morgan fingerprint density at radius 2 is 1.73 bits per heavy atom. The number of hydrogen-bond donors (Lipinski definition) is 1. The first-order valence-corrected chi connectivity index (χ1v) is 10.2. The average molecular weight is 376 g/mol. The smallest absolute Gasteiger partial charge is 0.253 e. The SMILES string of the molecule is CN(CCOc1ccccc1)C(=O)c1ccc(CCNS(C)(=O)=O)cc1. The lowest BCUT2D eigenvalue weighted by molar-refractivity contribution is 0.0774. The monoisotopic (exact) mass is 376 g/mol. The van der Waals surface area contributed by atoms with Crippen LogP contribution >= 0.6 is 0 Å². The minimum Gasteiger partial charge on any atom is -0.492 e. The van der Waals surface area contributed by atoms with Crippen LogP contribution in [0.1, 0.15) is 15.9 Å². The summed E-state index contributed by atoms with van der Waals surface area (Å²) in [6.45, 7) is 1.23. The Kier molecular flexibility index (Phi) is 7.17. The van der Waals surface area contributed by atoms with E-state index in [0.29, 0.717) is 31.7 Å². The fourth-order valence-corrected chi connectivity index (χ4v) is 2.81. The number of likely N-dealkylation sites (N-methyl/N-ethyl adjacent to an activating group) is 1. The van der Waals surface area contributed by atoms with Crippen molar-refractivity contribution in [1.82, 2.24) is 9.62 Å². The van der Waals surface area contributed by atoms with Gasteiger partial charge in [-0.25, -0.2) is 13.1 Å². The van der Waals surface area contributed by atoms with Gasteiger partial charge < -0.3 is 9.64 Å². The lowest BCUT2D eigenvalue weighted by Gasteiger charge is -2.17. The van der Waals surface area contributed by atoms with Crippen LogP contribution in [0.25, 0.3) is 0 Å². The number of nitrogens with one attached hydrogen (secondary N) is 1. The topological polar surface area (TPSA) is 75.7 Å². The molecule has 0 bridgehead atoms. The number of carbonyl (C=O) groups excluding carboxylic acids is 1. The van der Waals surface area contributed by atoms with Crippen molar-refractivity contribution in [2.45, 2.75) is 6.42 Å². The molecule has 0 radical (unpaired) electrons. The van der Waals surface area contributed by atoms with Crippen LogP contribution in [0.2, 0.25) is 0 Å². The summed E-state index contributed by atoms with van der Waals surface area (Å²) in [6, 6.07) is 16.7. The van der Waals surface area contributed by atoms with Gasteiger partial charge in [-0.05, 0) is 36.2 Å². The van der Waals surface area contributed by atoms with E-state index < -0.39 is 10.0 Å². The molecular weight excluding hydrogens is 352 g/mol. The third-order valence-corrected chi connectivity index (χ3v) is 4.49. The molecule has 0 aromatic heterocycles. The maximum Gasteiger partial charge on any atom is 0.253 e. The number of sulfonamides is 1. The number of hydrogen-bond acceptors (Lipinski definition) is 4. The summed E-state index contributed by atoms with van der Waals surface area (Å²) in [6.07, 6.45) is 1.70. The Balaban J connectivity index is 1.80. The van der Waals surface area contributed by atoms with Gasteiger partial charge in [0.25, 0.3) is 5.91 Å². The molecule has 140 valence electrons. The van der Waals surface area contributed by atoms with Crippen molar-refractivity contribution in [3.8, 4) is 5.75 Å². The number of ether oxygens (including phenoxy) is 1. The molecule has 6 nitrogen and oxygen atoms in total. The molecule has 1 N–H and O–H groups in total. The fourth-order valence-electron chi connectivity index (χ4n) is 2.33. The molecule has 0 atom stereocenters. The van der Waals surface area contributed by atoms with Crippen LogP contribution in [-0.2, 0) is 16.4 Å². The van der Waals surface area contributed by atoms with E-state index >= 15 is 0 Å². The van der Waals surface area contributed by atoms with E-state index in [4.69, 9.17) is 4.74 Å². The highest BCUT2D eigenvalue weighted by Crippen LogP contribution is 2.10. The van der Waals surface area contributed by atoms with Gasteiger partial charge in [0.15, 0.2) is 0 Å². The highest BCUT2D eigenvalue weighted by molar-refractivity contribution is 7.88. The lowest BCUT2D eigenvalue weighted by Crippen LogP contribution is -2.30. The number of benzene rings is 2. The highest BCUT2D eigenvalue weighted by Gasteiger charge is 2.11. The molecule has 7 heteroatoms. The summed E-state index contributed by atoms with van der Waals surface area (Å²) in [5, 5.41) is 0. The van der Waals surface area contributed by atoms with Crippen molar-refractivity contribution in [3.63, 3.8) is 0 Å². The molecular formula is C19H24N2O4S. The minimum atomic E-state index is -3.18. The Morgan fingerprint density at radius 1 is 1.08 bits per heavy atom. The van der Waals surface area contributed by atoms with Gasteiger partial charge in [-0.1, -0.05) is 30.3 Å². The Hall–Kier alpha value is -2.38. The number of rotatable bonds is 9. The maximum atomic E-state index is 12.4. The van der Waals surface area contributed by atoms with E-state index in [9.17, 15) is 13.2 Å². The normalized spacial score (nSPS) is 11.2. The molecule has 0 spiro atoms. The number of amides is 1. The van der Waals surface area contributed by atoms with Gasteiger partial charge in [-0.15, -0.1) is 0 Å². The van der Waals surface area contributed by atoms with Crippen LogP contribution in [0.3, 0.4) is 0 Å². The van der Waals surface area contributed by atoms with Crippen molar-refractivity contribution in [1.29, 1.82) is 0 Å². The zero-order chi connectivity index (χ0) is 19.0. The molecule has 0 heterocycles. The van der Waals surface area contributed by atoms with E-state index in [0.717, 1.165) is 17.6 Å². The molecule has 2 aromatic carbocycles. The lowest BCUT2D eigenvalue weighted by atomic mass is 10.1. The highest BCUT2D eigenvalue weighted by atomic mass is 32.2. The minimum absolute atomic E-state index is 0.0810. The Bertz CT molecular complexity index is 805. The van der Waals surface area contributed by atoms with Crippen molar-refractivity contribution in [2.24, 2.45) is 0 Å². The number of para-hydroxylation sites is 1. The molecule has 0 aliphatic heterocycles. The first-order valence-electron chi connectivity index (χ1n) is 8.32. The summed E-state index contributed by atoms with van der Waals surface area (Å²) >= 11 is 0. The van der Waals surface area contributed by atoms with E-state index in [-0.39, 0.29) is 5.91 Å². The molecule has 0 fully saturated rings. The quantitative estimate of drug-likeness (QED) is 0.726. The van der Waals surface area contributed by atoms with Gasteiger partial charge in [0, 0.05) is 19.2 Å². The van der Waals surface area contributed by atoms with Crippen molar-refractivity contribution >= 4 is 15.9 Å². The fraction of sp³-hybridized carbons (Fsp3) is 0.316. The van der Waals surface area contributed by atoms with Crippen LogP contribution in [-0.4, -0.2) is 52.2 Å². The third kappa shape index (κ3) is 6.85. The summed E-state index contributed by atoms with van der Waals surface area (Å²) < 4.78 is 30.1. The van der Waals surface area contributed by atoms with Gasteiger partial charge in [-0.3, -0.25) is 4.79 Å². The van der Waals surface area contributed by atoms with Crippen LogP contribution in [0.4, 0.5) is 0 Å². The second-order valence-electron chi connectivity index (χ2n) is 6.00. The van der Waals surface area contributed by atoms with E-state index in [2.05, 4.69) is 4.72 Å². The maximum absolute atomic E-state index is 12.4. The number of carbonyl (C=O) groups is 1. The largest absolute Gasteiger partial charge is 0.492 e. The van der Waals surface area contributed by atoms with Crippen molar-refractivity contribution < 1.29 is 17.9 Å². The van der Waals surface area contributed by atoms with Gasteiger partial charge in [0.2, 0.25) is 10.0 Å². The van der Waals surface area contributed by atoms with E-state index in [1.54, 1.807) is 24.1 Å². The Morgan fingerprint density at radius 3 is 2.35 bits per heavy atom. The molecule has 0 aliphatic carbocycles. The molecule has 0 aliphatic rings. The molecule has 2 rings (SSSR count). The second-order valence-corrected chi connectivity index (χ2v) is 7.83. The average Bonchev–Trinajstić information content (AvgIpc) is 2.61. The molecule has 1 amide bonds. The van der Waals surface area contributed by atoms with Crippen LogP contribution in [0, 0.1) is 0 Å². The summed E-state index contributed by atoms with van der Waals surface area (Å²) in [7, 11) is -1.44. The molecule has 2 aromatic rings. The Labute approximate surface area is 154 Å². The van der Waals surface area contributed by atoms with Crippen LogP contribution < -0.4 is 9.46 Å². The zero-order valence-corrected chi connectivity index (χ0v) is 15.8. The predicted octanol–water partition coefficient (Wildman–Crippen LogP) is 1.93. The summed E-state index contributed by atoms with van der Waals surface area (Å²) in [4.78, 5) is 14.0. The third-order valence-electron chi connectivity index (χ3n) is 3.76. The summed E-state index contributed by atoms with van der Waals surface area (Å²) in [5.41, 5.74) is 1.56. The van der Waals surface area contributed by atoms with E-state index in [1.165, 1.54) is 0 Å². The van der Waals surface area contributed by atoms with Gasteiger partial charge in [-0.2, -0.15) is 0 Å². The number of nitrogens with zero attached hydrogens (tertiary/aromatic N) is 1. The van der Waals surface area contributed by atoms with Crippen LogP contribution in [0.15, 0.2) is 54.6 Å². The standard InChI is InChI=1S/C19H24N2O4S/c1-21(14-15-25-18-6-4-3-5-7-18)19(22)17-10-8-16(9-11-17)12-13-20-26(2,23)24/h3-11,20H,12-15H2,1-2H3. The molecule has 26 heavy (non-hydrogen) atoms. The van der Waals surface area contributed by atoms with Gasteiger partial charge in [0.05, 0.1) is 12.8 Å². The van der Waals surface area contributed by atoms with Crippen molar-refractivity contribution in [3.05, 3.63) is 65.7 Å². The zero-order valence-electron chi connectivity index (χ0n) is 15.0. The first kappa shape index (κ1) is 19.9. The second kappa shape index (κ2) is 9.35. The van der Waals surface area contributed by atoms with Gasteiger partial charge >= 0.3 is 0 Å².